The summed E-state index contributed by atoms with van der Waals surface area (Å²) in [6.07, 6.45) is 1.50. The molecule has 0 bridgehead atoms. The summed E-state index contributed by atoms with van der Waals surface area (Å²) in [7, 11) is 1.90. The van der Waals surface area contributed by atoms with Crippen molar-refractivity contribution in [3.05, 3.63) is 29.1 Å². The van der Waals surface area contributed by atoms with Gasteiger partial charge in [-0.15, -0.1) is 11.3 Å². The van der Waals surface area contributed by atoms with E-state index in [2.05, 4.69) is 28.7 Å². The lowest BCUT2D eigenvalue weighted by molar-refractivity contribution is 0.571. The number of nitrogens with zero attached hydrogens (tertiary/aromatic N) is 1. The van der Waals surface area contributed by atoms with Crippen molar-refractivity contribution in [1.29, 1.82) is 0 Å². The van der Waals surface area contributed by atoms with Crippen LogP contribution < -0.4 is 5.32 Å². The Morgan fingerprint density at radius 1 is 1.57 bits per heavy atom. The number of rotatable bonds is 3. The van der Waals surface area contributed by atoms with Crippen molar-refractivity contribution in [2.75, 3.05) is 7.05 Å². The van der Waals surface area contributed by atoms with Crippen LogP contribution in [0.5, 0.6) is 0 Å². The zero-order valence-corrected chi connectivity index (χ0v) is 9.02. The minimum absolute atomic E-state index is 0.739. The van der Waals surface area contributed by atoms with E-state index in [0.29, 0.717) is 0 Å². The lowest BCUT2D eigenvalue weighted by Gasteiger charge is -1.98. The van der Waals surface area contributed by atoms with Crippen LogP contribution in [0.1, 0.15) is 11.3 Å². The maximum absolute atomic E-state index is 5.40. The summed E-state index contributed by atoms with van der Waals surface area (Å²) in [5.41, 5.74) is 2.21. The average Bonchev–Trinajstić information content (AvgIpc) is 2.74. The fourth-order valence-corrected chi connectivity index (χ4v) is 2.29. The van der Waals surface area contributed by atoms with Gasteiger partial charge in [0.2, 0.25) is 0 Å². The van der Waals surface area contributed by atoms with Gasteiger partial charge in [0.15, 0.2) is 12.2 Å². The Morgan fingerprint density at radius 3 is 3.07 bits per heavy atom. The summed E-state index contributed by atoms with van der Waals surface area (Å²) in [4.78, 5) is 5.35. The first-order chi connectivity index (χ1) is 6.83. The van der Waals surface area contributed by atoms with Gasteiger partial charge < -0.3 is 9.73 Å². The van der Waals surface area contributed by atoms with Crippen molar-refractivity contribution in [3.63, 3.8) is 0 Å². The van der Waals surface area contributed by atoms with Crippen LogP contribution >= 0.6 is 11.3 Å². The van der Waals surface area contributed by atoms with Crippen LogP contribution in [0.4, 0.5) is 0 Å². The molecule has 0 aromatic carbocycles. The van der Waals surface area contributed by atoms with E-state index in [9.17, 15) is 0 Å². The van der Waals surface area contributed by atoms with Crippen molar-refractivity contribution in [3.8, 4) is 10.6 Å². The Bertz CT molecular complexity index is 419. The summed E-state index contributed by atoms with van der Waals surface area (Å²) < 4.78 is 5.40. The van der Waals surface area contributed by atoms with Gasteiger partial charge >= 0.3 is 0 Å². The van der Waals surface area contributed by atoms with Crippen molar-refractivity contribution in [2.45, 2.75) is 13.5 Å². The van der Waals surface area contributed by atoms with Crippen LogP contribution in [0.15, 0.2) is 22.3 Å². The van der Waals surface area contributed by atoms with Gasteiger partial charge in [0.05, 0.1) is 4.88 Å². The quantitative estimate of drug-likeness (QED) is 0.841. The molecule has 0 radical (unpaired) electrons. The van der Waals surface area contributed by atoms with Gasteiger partial charge in [0.25, 0.3) is 0 Å². The highest BCUT2D eigenvalue weighted by Crippen LogP contribution is 2.31. The molecule has 2 rings (SSSR count). The first kappa shape index (κ1) is 9.43. The Labute approximate surface area is 86.8 Å². The number of nitrogens with one attached hydrogen (secondary N) is 1. The fourth-order valence-electron chi connectivity index (χ4n) is 1.35. The Kier molecular flexibility index (Phi) is 2.65. The largest absolute Gasteiger partial charge is 0.442 e. The molecule has 0 atom stereocenters. The molecule has 1 N–H and O–H groups in total. The number of hydrogen-bond donors (Lipinski definition) is 1. The number of aryl methyl sites for hydroxylation is 1. The summed E-state index contributed by atoms with van der Waals surface area (Å²) >= 11 is 1.69. The molecule has 0 aliphatic rings. The second kappa shape index (κ2) is 3.94. The maximum atomic E-state index is 5.40. The summed E-state index contributed by atoms with van der Waals surface area (Å²) in [6.45, 7) is 2.82. The molecule has 0 unspecified atom stereocenters. The molecule has 0 saturated heterocycles. The van der Waals surface area contributed by atoms with E-state index in [4.69, 9.17) is 4.42 Å². The van der Waals surface area contributed by atoms with Crippen LogP contribution in [-0.4, -0.2) is 12.0 Å². The van der Waals surface area contributed by atoms with Gasteiger partial charge in [0.1, 0.15) is 5.69 Å². The van der Waals surface area contributed by atoms with Gasteiger partial charge in [-0.2, -0.15) is 0 Å². The molecule has 0 spiro atoms. The first-order valence-electron chi connectivity index (χ1n) is 4.44. The Hall–Kier alpha value is -1.13. The standard InChI is InChI=1S/C10H12N2OS/c1-7-3-4-14-10(7)9-8(5-11-2)12-6-13-9/h3-4,6,11H,5H2,1-2H3. The first-order valence-corrected chi connectivity index (χ1v) is 5.32. The smallest absolute Gasteiger partial charge is 0.181 e. The molecule has 0 fully saturated rings. The second-order valence-corrected chi connectivity index (χ2v) is 4.01. The van der Waals surface area contributed by atoms with Crippen molar-refractivity contribution in [1.82, 2.24) is 10.3 Å². The molecule has 0 saturated carbocycles. The van der Waals surface area contributed by atoms with Crippen LogP contribution in [0.3, 0.4) is 0 Å². The molecule has 14 heavy (non-hydrogen) atoms. The van der Waals surface area contributed by atoms with Gasteiger partial charge in [-0.1, -0.05) is 0 Å². The van der Waals surface area contributed by atoms with E-state index in [-0.39, 0.29) is 0 Å². The maximum Gasteiger partial charge on any atom is 0.181 e. The molecule has 2 aromatic rings. The summed E-state index contributed by atoms with van der Waals surface area (Å²) in [5.74, 6) is 0.895. The van der Waals surface area contributed by atoms with E-state index in [1.807, 2.05) is 7.05 Å². The van der Waals surface area contributed by atoms with Crippen molar-refractivity contribution < 1.29 is 4.42 Å². The Balaban J connectivity index is 2.41. The van der Waals surface area contributed by atoms with E-state index in [1.54, 1.807) is 11.3 Å². The molecular weight excluding hydrogens is 196 g/mol. The van der Waals surface area contributed by atoms with E-state index < -0.39 is 0 Å². The zero-order chi connectivity index (χ0) is 9.97. The number of aromatic nitrogens is 1. The molecule has 4 heteroatoms. The molecule has 3 nitrogen and oxygen atoms in total. The number of oxazole rings is 1. The molecule has 74 valence electrons. The van der Waals surface area contributed by atoms with Gasteiger partial charge in [-0.05, 0) is 31.0 Å². The highest BCUT2D eigenvalue weighted by atomic mass is 32.1. The van der Waals surface area contributed by atoms with Gasteiger partial charge in [0, 0.05) is 6.54 Å². The third kappa shape index (κ3) is 1.58. The average molecular weight is 208 g/mol. The predicted molar refractivity (Wildman–Crippen MR) is 57.3 cm³/mol. The second-order valence-electron chi connectivity index (χ2n) is 3.09. The van der Waals surface area contributed by atoms with Crippen LogP contribution in [0.25, 0.3) is 10.6 Å². The monoisotopic (exact) mass is 208 g/mol. The van der Waals surface area contributed by atoms with Crippen molar-refractivity contribution >= 4 is 11.3 Å². The van der Waals surface area contributed by atoms with Crippen molar-refractivity contribution in [2.24, 2.45) is 0 Å². The lowest BCUT2D eigenvalue weighted by atomic mass is 10.2. The predicted octanol–water partition coefficient (Wildman–Crippen LogP) is 2.43. The third-order valence-electron chi connectivity index (χ3n) is 2.05. The Morgan fingerprint density at radius 2 is 2.43 bits per heavy atom. The van der Waals surface area contributed by atoms with Crippen LogP contribution in [-0.2, 0) is 6.54 Å². The topological polar surface area (TPSA) is 38.1 Å². The molecule has 0 aliphatic carbocycles. The number of thiophene rings is 1. The molecule has 2 aromatic heterocycles. The van der Waals surface area contributed by atoms with E-state index in [0.717, 1.165) is 18.0 Å². The summed E-state index contributed by atoms with van der Waals surface area (Å²) in [6, 6.07) is 2.09. The summed E-state index contributed by atoms with van der Waals surface area (Å²) in [5, 5.41) is 5.14. The minimum atomic E-state index is 0.739. The SMILES string of the molecule is CNCc1ncoc1-c1sccc1C. The molecule has 0 amide bonds. The fraction of sp³-hybridized carbons (Fsp3) is 0.300. The number of hydrogen-bond acceptors (Lipinski definition) is 4. The highest BCUT2D eigenvalue weighted by molar-refractivity contribution is 7.13. The molecular formula is C10H12N2OS. The molecule has 2 heterocycles. The zero-order valence-electron chi connectivity index (χ0n) is 8.20. The van der Waals surface area contributed by atoms with E-state index >= 15 is 0 Å². The van der Waals surface area contributed by atoms with Gasteiger partial charge in [-0.3, -0.25) is 0 Å². The van der Waals surface area contributed by atoms with E-state index in [1.165, 1.54) is 16.8 Å². The van der Waals surface area contributed by atoms with Crippen LogP contribution in [0, 0.1) is 6.92 Å². The van der Waals surface area contributed by atoms with Crippen LogP contribution in [0.2, 0.25) is 0 Å². The minimum Gasteiger partial charge on any atom is -0.442 e. The third-order valence-corrected chi connectivity index (χ3v) is 3.07. The highest BCUT2D eigenvalue weighted by Gasteiger charge is 2.12. The van der Waals surface area contributed by atoms with Gasteiger partial charge in [-0.25, -0.2) is 4.98 Å². The molecule has 0 aliphatic heterocycles. The lowest BCUT2D eigenvalue weighted by Crippen LogP contribution is -2.06. The normalized spacial score (nSPS) is 10.7.